The summed E-state index contributed by atoms with van der Waals surface area (Å²) in [5.74, 6) is 1.07. The van der Waals surface area contributed by atoms with Crippen LogP contribution in [0.4, 0.5) is 11.5 Å². The molecule has 2 fully saturated rings. The van der Waals surface area contributed by atoms with Crippen LogP contribution in [0.25, 0.3) is 0 Å². The minimum absolute atomic E-state index is 0.100. The summed E-state index contributed by atoms with van der Waals surface area (Å²) in [6.45, 7) is 5.19. The molecule has 7 heteroatoms. The first kappa shape index (κ1) is 19.6. The predicted molar refractivity (Wildman–Crippen MR) is 105 cm³/mol. The maximum atomic E-state index is 12.2. The van der Waals surface area contributed by atoms with E-state index >= 15 is 0 Å². The molecule has 2 saturated heterocycles. The van der Waals surface area contributed by atoms with E-state index in [0.29, 0.717) is 12.3 Å². The number of ether oxygens (including phenoxy) is 1. The fourth-order valence-corrected chi connectivity index (χ4v) is 3.56. The maximum absolute atomic E-state index is 12.2. The number of unbranched alkanes of at least 4 members (excludes halogenated alkanes) is 1. The molecule has 1 unspecified atom stereocenters. The van der Waals surface area contributed by atoms with Gasteiger partial charge >= 0.3 is 0 Å². The van der Waals surface area contributed by atoms with Crippen LogP contribution >= 0.6 is 0 Å². The van der Waals surface area contributed by atoms with Crippen molar-refractivity contribution in [2.75, 3.05) is 36.5 Å². The van der Waals surface area contributed by atoms with Crippen molar-refractivity contribution in [1.82, 2.24) is 10.3 Å². The van der Waals surface area contributed by atoms with Gasteiger partial charge in [-0.25, -0.2) is 4.98 Å². The van der Waals surface area contributed by atoms with Crippen LogP contribution < -0.4 is 15.5 Å². The Hall–Kier alpha value is -2.15. The molecular weight excluding hydrogens is 344 g/mol. The van der Waals surface area contributed by atoms with Crippen molar-refractivity contribution in [3.8, 4) is 0 Å². The van der Waals surface area contributed by atoms with Gasteiger partial charge in [0.05, 0.1) is 11.9 Å². The Balaban J connectivity index is 1.45. The van der Waals surface area contributed by atoms with Crippen LogP contribution in [0.3, 0.4) is 0 Å². The average molecular weight is 374 g/mol. The molecule has 27 heavy (non-hydrogen) atoms. The Bertz CT molecular complexity index is 621. The average Bonchev–Trinajstić information content (AvgIpc) is 3.24. The first-order chi connectivity index (χ1) is 13.2. The third-order valence-electron chi connectivity index (χ3n) is 5.26. The third kappa shape index (κ3) is 5.42. The minimum Gasteiger partial charge on any atom is -0.368 e. The van der Waals surface area contributed by atoms with E-state index in [1.807, 2.05) is 12.1 Å². The zero-order chi connectivity index (χ0) is 19.1. The lowest BCUT2D eigenvalue weighted by molar-refractivity contribution is -0.126. The van der Waals surface area contributed by atoms with Crippen molar-refractivity contribution in [3.63, 3.8) is 0 Å². The predicted octanol–water partition coefficient (Wildman–Crippen LogP) is 2.33. The van der Waals surface area contributed by atoms with E-state index in [1.54, 1.807) is 6.20 Å². The number of carbonyl (C=O) groups is 2. The molecule has 0 aromatic carbocycles. The molecule has 1 aromatic rings. The number of pyridine rings is 1. The van der Waals surface area contributed by atoms with E-state index in [9.17, 15) is 9.59 Å². The van der Waals surface area contributed by atoms with Crippen molar-refractivity contribution in [2.24, 2.45) is 5.92 Å². The van der Waals surface area contributed by atoms with Crippen molar-refractivity contribution < 1.29 is 14.3 Å². The van der Waals surface area contributed by atoms with Gasteiger partial charge in [-0.15, -0.1) is 0 Å². The van der Waals surface area contributed by atoms with Crippen molar-refractivity contribution in [2.45, 2.75) is 51.6 Å². The van der Waals surface area contributed by atoms with E-state index in [0.717, 1.165) is 64.0 Å². The molecule has 3 heterocycles. The van der Waals surface area contributed by atoms with Crippen molar-refractivity contribution in [3.05, 3.63) is 18.3 Å². The molecule has 0 aliphatic carbocycles. The topological polar surface area (TPSA) is 83.6 Å². The highest BCUT2D eigenvalue weighted by Crippen LogP contribution is 2.23. The number of amides is 2. The zero-order valence-electron chi connectivity index (χ0n) is 16.1. The van der Waals surface area contributed by atoms with E-state index in [4.69, 9.17) is 4.74 Å². The summed E-state index contributed by atoms with van der Waals surface area (Å²) in [6, 6.07) is 3.80. The summed E-state index contributed by atoms with van der Waals surface area (Å²) in [5, 5.41) is 5.90. The molecule has 2 N–H and O–H groups in total. The molecule has 148 valence electrons. The Morgan fingerprint density at radius 1 is 1.22 bits per heavy atom. The molecule has 2 amide bonds. The van der Waals surface area contributed by atoms with E-state index in [-0.39, 0.29) is 23.8 Å². The van der Waals surface area contributed by atoms with Gasteiger partial charge in [-0.3, -0.25) is 9.59 Å². The Morgan fingerprint density at radius 3 is 2.67 bits per heavy atom. The molecule has 0 radical (unpaired) electrons. The number of hydrogen-bond donors (Lipinski definition) is 2. The highest BCUT2D eigenvalue weighted by molar-refractivity contribution is 5.94. The molecule has 3 rings (SSSR count). The summed E-state index contributed by atoms with van der Waals surface area (Å²) in [7, 11) is 0. The number of carbonyl (C=O) groups excluding carboxylic acids is 2. The van der Waals surface area contributed by atoms with Crippen LogP contribution in [0, 0.1) is 5.92 Å². The molecule has 2 aliphatic heterocycles. The fourth-order valence-electron chi connectivity index (χ4n) is 3.56. The molecule has 0 bridgehead atoms. The normalized spacial score (nSPS) is 20.5. The number of nitrogens with zero attached hydrogens (tertiary/aromatic N) is 2. The summed E-state index contributed by atoms with van der Waals surface area (Å²) < 4.78 is 5.39. The quantitative estimate of drug-likeness (QED) is 0.716. The number of anilines is 2. The van der Waals surface area contributed by atoms with Crippen LogP contribution in [0.5, 0.6) is 0 Å². The summed E-state index contributed by atoms with van der Waals surface area (Å²) in [4.78, 5) is 30.9. The molecule has 2 aliphatic rings. The molecule has 0 saturated carbocycles. The number of aromatic nitrogens is 1. The smallest absolute Gasteiger partial charge is 0.253 e. The molecule has 1 atom stereocenters. The Morgan fingerprint density at radius 2 is 2.04 bits per heavy atom. The van der Waals surface area contributed by atoms with E-state index in [1.165, 1.54) is 0 Å². The summed E-state index contributed by atoms with van der Waals surface area (Å²) in [6.07, 6.45) is 6.87. The zero-order valence-corrected chi connectivity index (χ0v) is 16.1. The van der Waals surface area contributed by atoms with Crippen LogP contribution in [-0.4, -0.2) is 49.1 Å². The fraction of sp³-hybridized carbons (Fsp3) is 0.650. The van der Waals surface area contributed by atoms with Crippen LogP contribution in [0.2, 0.25) is 0 Å². The molecule has 1 aromatic heterocycles. The Labute approximate surface area is 160 Å². The summed E-state index contributed by atoms with van der Waals surface area (Å²) >= 11 is 0. The minimum atomic E-state index is -0.341. The van der Waals surface area contributed by atoms with E-state index < -0.39 is 0 Å². The number of hydrogen-bond acceptors (Lipinski definition) is 5. The van der Waals surface area contributed by atoms with Gasteiger partial charge in [-0.2, -0.15) is 0 Å². The van der Waals surface area contributed by atoms with Gasteiger partial charge in [0, 0.05) is 32.2 Å². The second kappa shape index (κ2) is 9.69. The largest absolute Gasteiger partial charge is 0.368 e. The van der Waals surface area contributed by atoms with Gasteiger partial charge in [-0.05, 0) is 44.2 Å². The lowest BCUT2D eigenvalue weighted by Gasteiger charge is -2.32. The summed E-state index contributed by atoms with van der Waals surface area (Å²) in [5.41, 5.74) is 0.685. The second-order valence-corrected chi connectivity index (χ2v) is 7.30. The van der Waals surface area contributed by atoms with Gasteiger partial charge in [0.1, 0.15) is 11.9 Å². The number of rotatable bonds is 7. The number of nitrogens with one attached hydrogen (secondary N) is 2. The first-order valence-electron chi connectivity index (χ1n) is 10.1. The van der Waals surface area contributed by atoms with Gasteiger partial charge in [0.2, 0.25) is 5.91 Å². The third-order valence-corrected chi connectivity index (χ3v) is 5.26. The molecule has 0 spiro atoms. The lowest BCUT2D eigenvalue weighted by atomic mass is 9.96. The van der Waals surface area contributed by atoms with E-state index in [2.05, 4.69) is 27.4 Å². The van der Waals surface area contributed by atoms with Crippen LogP contribution in [0.1, 0.15) is 45.4 Å². The lowest BCUT2D eigenvalue weighted by Crippen LogP contribution is -2.41. The maximum Gasteiger partial charge on any atom is 0.253 e. The van der Waals surface area contributed by atoms with Gasteiger partial charge in [0.25, 0.3) is 5.91 Å². The first-order valence-corrected chi connectivity index (χ1v) is 10.1. The standard InChI is InChI=1S/C20H30N4O3/c1-2-3-10-21-19(25)15-8-11-24(12-9-15)18-7-6-16(14-22-18)23-20(26)17-5-4-13-27-17/h6-7,14-15,17H,2-5,8-13H2,1H3,(H,21,25)(H,23,26). The highest BCUT2D eigenvalue weighted by Gasteiger charge is 2.26. The van der Waals surface area contributed by atoms with Gasteiger partial charge in [-0.1, -0.05) is 13.3 Å². The van der Waals surface area contributed by atoms with Gasteiger partial charge < -0.3 is 20.3 Å². The molecule has 7 nitrogen and oxygen atoms in total. The van der Waals surface area contributed by atoms with Crippen LogP contribution in [0.15, 0.2) is 18.3 Å². The number of piperidine rings is 1. The SMILES string of the molecule is CCCCNC(=O)C1CCN(c2ccc(NC(=O)C3CCCO3)cn2)CC1. The van der Waals surface area contributed by atoms with Crippen molar-refractivity contribution >= 4 is 23.3 Å². The van der Waals surface area contributed by atoms with Gasteiger partial charge in [0.15, 0.2) is 0 Å². The Kier molecular flexibility index (Phi) is 7.04. The van der Waals surface area contributed by atoms with Crippen LogP contribution in [-0.2, 0) is 14.3 Å². The van der Waals surface area contributed by atoms with Crippen molar-refractivity contribution in [1.29, 1.82) is 0 Å². The molecular formula is C20H30N4O3. The second-order valence-electron chi connectivity index (χ2n) is 7.30. The monoisotopic (exact) mass is 374 g/mol. The highest BCUT2D eigenvalue weighted by atomic mass is 16.5.